The summed E-state index contributed by atoms with van der Waals surface area (Å²) in [6.07, 6.45) is 2.23. The van der Waals surface area contributed by atoms with Gasteiger partial charge in [-0.1, -0.05) is 0 Å². The Bertz CT molecular complexity index is 569. The first-order valence-electron chi connectivity index (χ1n) is 8.76. The number of aryl methyl sites for hydroxylation is 1. The van der Waals surface area contributed by atoms with E-state index in [1.807, 2.05) is 30.8 Å². The van der Waals surface area contributed by atoms with Gasteiger partial charge in [0, 0.05) is 42.6 Å². The molecule has 1 aromatic carbocycles. The quantitative estimate of drug-likeness (QED) is 0.876. The second kappa shape index (κ2) is 8.12. The van der Waals surface area contributed by atoms with Crippen LogP contribution in [-0.4, -0.2) is 49.4 Å². The van der Waals surface area contributed by atoms with E-state index in [-0.39, 0.29) is 18.2 Å². The average molecular weight is 350 g/mol. The molecule has 3 rings (SSSR count). The maximum Gasteiger partial charge on any atom is 0.319 e. The van der Waals surface area contributed by atoms with Crippen LogP contribution in [0.5, 0.6) is 0 Å². The number of urea groups is 1. The number of nitrogens with one attached hydrogen (secondary N) is 2. The van der Waals surface area contributed by atoms with Crippen molar-refractivity contribution in [1.82, 2.24) is 5.32 Å². The normalized spacial score (nSPS) is 22.2. The smallest absolute Gasteiger partial charge is 0.319 e. The third kappa shape index (κ3) is 4.36. The molecule has 2 N–H and O–H groups in total. The zero-order valence-electron chi connectivity index (χ0n) is 14.5. The van der Waals surface area contributed by atoms with Gasteiger partial charge in [-0.2, -0.15) is 11.8 Å². The Kier molecular flexibility index (Phi) is 5.89. The molecule has 2 aliphatic heterocycles. The molecule has 132 valence electrons. The van der Waals surface area contributed by atoms with Gasteiger partial charge in [0.15, 0.2) is 0 Å². The van der Waals surface area contributed by atoms with Crippen LogP contribution in [0.4, 0.5) is 16.2 Å². The van der Waals surface area contributed by atoms with Crippen LogP contribution in [0.1, 0.15) is 25.3 Å². The first kappa shape index (κ1) is 17.4. The molecule has 0 radical (unpaired) electrons. The lowest BCUT2D eigenvalue weighted by Gasteiger charge is -2.30. The summed E-state index contributed by atoms with van der Waals surface area (Å²) in [4.78, 5) is 14.6. The van der Waals surface area contributed by atoms with Crippen molar-refractivity contribution in [2.24, 2.45) is 0 Å². The number of hydrogen-bond donors (Lipinski definition) is 2. The molecule has 0 spiro atoms. The van der Waals surface area contributed by atoms with Crippen molar-refractivity contribution in [2.45, 2.75) is 38.8 Å². The van der Waals surface area contributed by atoms with E-state index >= 15 is 0 Å². The molecule has 2 saturated heterocycles. The summed E-state index contributed by atoms with van der Waals surface area (Å²) < 4.78 is 5.62. The Morgan fingerprint density at radius 1 is 1.38 bits per heavy atom. The number of nitrogens with zero attached hydrogens (tertiary/aromatic N) is 1. The molecule has 2 heterocycles. The van der Waals surface area contributed by atoms with E-state index in [1.165, 1.54) is 22.8 Å². The molecule has 0 aliphatic carbocycles. The van der Waals surface area contributed by atoms with Crippen molar-refractivity contribution in [2.75, 3.05) is 41.4 Å². The van der Waals surface area contributed by atoms with Crippen LogP contribution < -0.4 is 15.5 Å². The van der Waals surface area contributed by atoms with Crippen molar-refractivity contribution in [3.63, 3.8) is 0 Å². The number of thioether (sulfide) groups is 1. The number of rotatable bonds is 4. The van der Waals surface area contributed by atoms with E-state index < -0.39 is 0 Å². The molecule has 0 bridgehead atoms. The largest absolute Gasteiger partial charge is 0.376 e. The standard InChI is InChI=1S/C18H27N3O2S/c1-13-12-15(5-6-16(13)21-7-10-24-11-8-21)20-18(22)19-14(2)17-4-3-9-23-17/h5-6,12,14,17H,3-4,7-11H2,1-2H3,(H2,19,20,22)/t14-,17-/m1/s1. The Balaban J connectivity index is 1.56. The Morgan fingerprint density at radius 2 is 2.17 bits per heavy atom. The zero-order chi connectivity index (χ0) is 16.9. The summed E-state index contributed by atoms with van der Waals surface area (Å²) >= 11 is 2.01. The molecule has 2 aliphatic rings. The molecule has 2 fully saturated rings. The monoisotopic (exact) mass is 349 g/mol. The summed E-state index contributed by atoms with van der Waals surface area (Å²) in [5, 5.41) is 5.92. The van der Waals surface area contributed by atoms with E-state index in [0.717, 1.165) is 38.2 Å². The van der Waals surface area contributed by atoms with Crippen LogP contribution in [0.2, 0.25) is 0 Å². The van der Waals surface area contributed by atoms with Crippen LogP contribution in [0.25, 0.3) is 0 Å². The lowest BCUT2D eigenvalue weighted by molar-refractivity contribution is 0.0868. The summed E-state index contributed by atoms with van der Waals surface area (Å²) in [7, 11) is 0. The predicted molar refractivity (Wildman–Crippen MR) is 101 cm³/mol. The van der Waals surface area contributed by atoms with Crippen LogP contribution >= 0.6 is 11.8 Å². The number of carbonyl (C=O) groups is 1. The number of benzene rings is 1. The third-order valence-corrected chi connectivity index (χ3v) is 5.63. The van der Waals surface area contributed by atoms with Crippen LogP contribution in [0.3, 0.4) is 0 Å². The zero-order valence-corrected chi connectivity index (χ0v) is 15.3. The molecule has 2 atom stereocenters. The minimum atomic E-state index is -0.167. The second-order valence-electron chi connectivity index (χ2n) is 6.54. The van der Waals surface area contributed by atoms with E-state index in [2.05, 4.69) is 28.5 Å². The van der Waals surface area contributed by atoms with Gasteiger partial charge in [0.05, 0.1) is 12.1 Å². The number of carbonyl (C=O) groups excluding carboxylic acids is 1. The highest BCUT2D eigenvalue weighted by atomic mass is 32.2. The Morgan fingerprint density at radius 3 is 2.83 bits per heavy atom. The van der Waals surface area contributed by atoms with E-state index in [9.17, 15) is 4.79 Å². The molecule has 0 unspecified atom stereocenters. The van der Waals surface area contributed by atoms with Crippen LogP contribution in [0, 0.1) is 6.92 Å². The summed E-state index contributed by atoms with van der Waals surface area (Å²) in [5.41, 5.74) is 3.31. The Labute approximate surface area is 148 Å². The number of amides is 2. The summed E-state index contributed by atoms with van der Waals surface area (Å²) in [6.45, 7) is 7.09. The molecule has 2 amide bonds. The van der Waals surface area contributed by atoms with Gasteiger partial charge in [-0.25, -0.2) is 4.79 Å². The Hall–Kier alpha value is -1.40. The van der Waals surface area contributed by atoms with Gasteiger partial charge in [-0.3, -0.25) is 0 Å². The first-order valence-corrected chi connectivity index (χ1v) is 9.91. The average Bonchev–Trinajstić information content (AvgIpc) is 3.10. The molecule has 1 aromatic rings. The van der Waals surface area contributed by atoms with Gasteiger partial charge < -0.3 is 20.3 Å². The number of anilines is 2. The van der Waals surface area contributed by atoms with Gasteiger partial charge in [0.25, 0.3) is 0 Å². The number of ether oxygens (including phenoxy) is 1. The molecule has 6 heteroatoms. The molecule has 5 nitrogen and oxygen atoms in total. The predicted octanol–water partition coefficient (Wildman–Crippen LogP) is 3.24. The lowest BCUT2D eigenvalue weighted by Crippen LogP contribution is -2.43. The highest BCUT2D eigenvalue weighted by molar-refractivity contribution is 7.99. The van der Waals surface area contributed by atoms with Crippen molar-refractivity contribution >= 4 is 29.2 Å². The first-order chi connectivity index (χ1) is 11.6. The maximum atomic E-state index is 12.2. The van der Waals surface area contributed by atoms with E-state index in [1.54, 1.807) is 0 Å². The maximum absolute atomic E-state index is 12.2. The fourth-order valence-electron chi connectivity index (χ4n) is 3.36. The fraction of sp³-hybridized carbons (Fsp3) is 0.611. The van der Waals surface area contributed by atoms with Gasteiger partial charge >= 0.3 is 6.03 Å². The SMILES string of the molecule is Cc1cc(NC(=O)N[C@H](C)[C@H]2CCCO2)ccc1N1CCSCC1. The van der Waals surface area contributed by atoms with Crippen LogP contribution in [-0.2, 0) is 4.74 Å². The highest BCUT2D eigenvalue weighted by Crippen LogP contribution is 2.26. The van der Waals surface area contributed by atoms with Gasteiger partial charge in [0.1, 0.15) is 0 Å². The van der Waals surface area contributed by atoms with Crippen molar-refractivity contribution in [1.29, 1.82) is 0 Å². The topological polar surface area (TPSA) is 53.6 Å². The third-order valence-electron chi connectivity index (χ3n) is 4.69. The lowest BCUT2D eigenvalue weighted by atomic mass is 10.1. The van der Waals surface area contributed by atoms with Gasteiger partial charge in [-0.05, 0) is 50.5 Å². The summed E-state index contributed by atoms with van der Waals surface area (Å²) in [5.74, 6) is 2.37. The molecule has 0 aromatic heterocycles. The van der Waals surface area contributed by atoms with Crippen molar-refractivity contribution < 1.29 is 9.53 Å². The minimum absolute atomic E-state index is 0.0266. The fourth-order valence-corrected chi connectivity index (χ4v) is 4.26. The van der Waals surface area contributed by atoms with Crippen LogP contribution in [0.15, 0.2) is 18.2 Å². The van der Waals surface area contributed by atoms with Gasteiger partial charge in [0.2, 0.25) is 0 Å². The highest BCUT2D eigenvalue weighted by Gasteiger charge is 2.23. The van der Waals surface area contributed by atoms with E-state index in [4.69, 9.17) is 4.74 Å². The molecule has 24 heavy (non-hydrogen) atoms. The molecule has 0 saturated carbocycles. The number of hydrogen-bond acceptors (Lipinski definition) is 4. The molecular weight excluding hydrogens is 322 g/mol. The second-order valence-corrected chi connectivity index (χ2v) is 7.76. The van der Waals surface area contributed by atoms with E-state index in [0.29, 0.717) is 0 Å². The van der Waals surface area contributed by atoms with Gasteiger partial charge in [-0.15, -0.1) is 0 Å². The minimum Gasteiger partial charge on any atom is -0.376 e. The molecular formula is C18H27N3O2S. The van der Waals surface area contributed by atoms with Crippen molar-refractivity contribution in [3.05, 3.63) is 23.8 Å². The van der Waals surface area contributed by atoms with Crippen molar-refractivity contribution in [3.8, 4) is 0 Å². The summed E-state index contributed by atoms with van der Waals surface area (Å²) in [6, 6.07) is 6.01.